The number of aromatic nitrogens is 4. The Hall–Kier alpha value is -3.20. The van der Waals surface area contributed by atoms with Gasteiger partial charge in [-0.2, -0.15) is 5.10 Å². The normalized spacial score (nSPS) is 17.4. The van der Waals surface area contributed by atoms with Crippen LogP contribution < -0.4 is 21.7 Å². The summed E-state index contributed by atoms with van der Waals surface area (Å²) in [7, 11) is 0. The number of urea groups is 1. The van der Waals surface area contributed by atoms with Crippen LogP contribution in [-0.4, -0.2) is 45.3 Å². The molecule has 1 fully saturated rings. The van der Waals surface area contributed by atoms with E-state index in [1.807, 2.05) is 18.2 Å². The summed E-state index contributed by atoms with van der Waals surface area (Å²) >= 11 is 0. The summed E-state index contributed by atoms with van der Waals surface area (Å²) in [5.41, 5.74) is 13.4. The maximum absolute atomic E-state index is 11.1. The van der Waals surface area contributed by atoms with Gasteiger partial charge >= 0.3 is 6.03 Å². The van der Waals surface area contributed by atoms with Crippen molar-refractivity contribution >= 4 is 28.6 Å². The maximum Gasteiger partial charge on any atom is 0.317 e. The van der Waals surface area contributed by atoms with Crippen molar-refractivity contribution in [3.05, 3.63) is 30.5 Å². The lowest BCUT2D eigenvalue weighted by atomic mass is 10.1. The molecular formula is C17H20N8O. The summed E-state index contributed by atoms with van der Waals surface area (Å²) in [6, 6.07) is 7.09. The van der Waals surface area contributed by atoms with Crippen molar-refractivity contribution < 1.29 is 4.79 Å². The minimum atomic E-state index is -0.663. The molecule has 134 valence electrons. The van der Waals surface area contributed by atoms with Crippen LogP contribution in [-0.2, 0) is 0 Å². The van der Waals surface area contributed by atoms with Crippen molar-refractivity contribution in [1.29, 1.82) is 0 Å². The number of nitrogens with one attached hydrogen (secondary N) is 2. The number of H-pyrrole nitrogens is 1. The van der Waals surface area contributed by atoms with E-state index in [4.69, 9.17) is 16.5 Å². The molecule has 3 aromatic heterocycles. The zero-order valence-corrected chi connectivity index (χ0v) is 14.1. The molecular weight excluding hydrogens is 332 g/mol. The summed E-state index contributed by atoms with van der Waals surface area (Å²) < 4.78 is 0. The fraction of sp³-hybridized carbons (Fsp3) is 0.294. The zero-order valence-electron chi connectivity index (χ0n) is 14.1. The van der Waals surface area contributed by atoms with Crippen LogP contribution in [0.15, 0.2) is 30.5 Å². The third-order valence-electron chi connectivity index (χ3n) is 4.46. The second-order valence-electron chi connectivity index (χ2n) is 6.41. The highest BCUT2D eigenvalue weighted by Gasteiger charge is 2.19. The van der Waals surface area contributed by atoms with Gasteiger partial charge in [0.1, 0.15) is 17.3 Å². The molecule has 0 aromatic carbocycles. The predicted molar refractivity (Wildman–Crippen MR) is 99.7 cm³/mol. The molecule has 3 aromatic rings. The van der Waals surface area contributed by atoms with E-state index >= 15 is 0 Å². The van der Waals surface area contributed by atoms with Gasteiger partial charge in [0.05, 0.1) is 17.4 Å². The first kappa shape index (κ1) is 16.3. The number of hydrogen-bond acceptors (Lipinski definition) is 6. The van der Waals surface area contributed by atoms with Gasteiger partial charge in [0.2, 0.25) is 0 Å². The third-order valence-corrected chi connectivity index (χ3v) is 4.46. The summed E-state index contributed by atoms with van der Waals surface area (Å²) in [6.07, 6.45) is 3.71. The Morgan fingerprint density at radius 3 is 3.08 bits per heavy atom. The van der Waals surface area contributed by atoms with E-state index in [1.54, 1.807) is 12.3 Å². The van der Waals surface area contributed by atoms with Crippen LogP contribution in [0.4, 0.5) is 16.4 Å². The summed E-state index contributed by atoms with van der Waals surface area (Å²) in [5.74, 6) is 1.25. The molecule has 0 bridgehead atoms. The number of pyridine rings is 2. The van der Waals surface area contributed by atoms with Crippen LogP contribution in [0, 0.1) is 0 Å². The van der Waals surface area contributed by atoms with Gasteiger partial charge in [0.25, 0.3) is 0 Å². The average Bonchev–Trinajstić information content (AvgIpc) is 3.04. The number of nitrogens with zero attached hydrogens (tertiary/aromatic N) is 4. The smallest absolute Gasteiger partial charge is 0.317 e. The van der Waals surface area contributed by atoms with E-state index in [-0.39, 0.29) is 6.04 Å². The maximum atomic E-state index is 11.1. The SMILES string of the molecule is NC(=O)Nc1cc2c(-c3cccc(N4CCC[C@H](N)C4)n3)n[nH]c2cn1. The van der Waals surface area contributed by atoms with Gasteiger partial charge in [-0.1, -0.05) is 6.07 Å². The highest BCUT2D eigenvalue weighted by Crippen LogP contribution is 2.28. The highest BCUT2D eigenvalue weighted by atomic mass is 16.2. The Morgan fingerprint density at radius 1 is 1.38 bits per heavy atom. The molecule has 26 heavy (non-hydrogen) atoms. The number of fused-ring (bicyclic) bond motifs is 1. The van der Waals surface area contributed by atoms with Crippen molar-refractivity contribution in [3.8, 4) is 11.4 Å². The standard InChI is InChI=1S/C17H20N8O/c18-10-3-2-6-25(9-10)15-5-1-4-12(21-15)16-11-7-14(22-17(19)26)20-8-13(11)23-24-16/h1,4-5,7-8,10H,2-3,6,9,18H2,(H,23,24)(H3,19,20,22,26)/t10-/m0/s1. The minimum Gasteiger partial charge on any atom is -0.355 e. The minimum absolute atomic E-state index is 0.175. The van der Waals surface area contributed by atoms with Gasteiger partial charge < -0.3 is 16.4 Å². The number of nitrogens with two attached hydrogens (primary N) is 2. The number of carbonyl (C=O) groups is 1. The molecule has 4 rings (SSSR count). The molecule has 1 atom stereocenters. The molecule has 1 aliphatic rings. The number of amides is 2. The van der Waals surface area contributed by atoms with Crippen LogP contribution >= 0.6 is 0 Å². The predicted octanol–water partition coefficient (Wildman–Crippen LogP) is 1.44. The molecule has 0 spiro atoms. The van der Waals surface area contributed by atoms with Crippen LogP contribution in [0.25, 0.3) is 22.3 Å². The van der Waals surface area contributed by atoms with Crippen LogP contribution in [0.3, 0.4) is 0 Å². The molecule has 2 amide bonds. The number of hydrogen-bond donors (Lipinski definition) is 4. The second kappa shape index (κ2) is 6.60. The van der Waals surface area contributed by atoms with Gasteiger partial charge in [-0.05, 0) is 31.0 Å². The molecule has 9 nitrogen and oxygen atoms in total. The number of primary amides is 1. The van der Waals surface area contributed by atoms with Crippen molar-refractivity contribution in [1.82, 2.24) is 20.2 Å². The Bertz CT molecular complexity index is 953. The molecule has 4 heterocycles. The molecule has 1 aliphatic heterocycles. The van der Waals surface area contributed by atoms with E-state index in [2.05, 4.69) is 25.4 Å². The monoisotopic (exact) mass is 352 g/mol. The lowest BCUT2D eigenvalue weighted by molar-refractivity contribution is 0.259. The Labute approximate surface area is 149 Å². The summed E-state index contributed by atoms with van der Waals surface area (Å²) in [4.78, 5) is 22.2. The second-order valence-corrected chi connectivity index (χ2v) is 6.41. The number of rotatable bonds is 3. The lowest BCUT2D eigenvalue weighted by Crippen LogP contribution is -2.43. The first-order valence-electron chi connectivity index (χ1n) is 8.48. The fourth-order valence-corrected chi connectivity index (χ4v) is 3.26. The third kappa shape index (κ3) is 3.16. The molecule has 0 radical (unpaired) electrons. The van der Waals surface area contributed by atoms with E-state index < -0.39 is 6.03 Å². The summed E-state index contributed by atoms with van der Waals surface area (Å²) in [5, 5.41) is 10.6. The van der Waals surface area contributed by atoms with Gasteiger partial charge in [0.15, 0.2) is 0 Å². The van der Waals surface area contributed by atoms with E-state index in [1.165, 1.54) is 0 Å². The van der Waals surface area contributed by atoms with Gasteiger partial charge in [-0.15, -0.1) is 0 Å². The van der Waals surface area contributed by atoms with Gasteiger partial charge in [-0.25, -0.2) is 14.8 Å². The molecule has 1 saturated heterocycles. The number of aromatic amines is 1. The van der Waals surface area contributed by atoms with E-state index in [9.17, 15) is 4.79 Å². The fourth-order valence-electron chi connectivity index (χ4n) is 3.26. The molecule has 0 aliphatic carbocycles. The zero-order chi connectivity index (χ0) is 18.1. The first-order valence-corrected chi connectivity index (χ1v) is 8.48. The van der Waals surface area contributed by atoms with Crippen molar-refractivity contribution in [2.45, 2.75) is 18.9 Å². The first-order chi connectivity index (χ1) is 12.6. The van der Waals surface area contributed by atoms with Crippen molar-refractivity contribution in [2.75, 3.05) is 23.3 Å². The Kier molecular flexibility index (Phi) is 4.13. The van der Waals surface area contributed by atoms with Crippen LogP contribution in [0.2, 0.25) is 0 Å². The topological polar surface area (TPSA) is 139 Å². The van der Waals surface area contributed by atoms with Gasteiger partial charge in [-0.3, -0.25) is 10.4 Å². The largest absolute Gasteiger partial charge is 0.355 e. The molecule has 0 unspecified atom stereocenters. The van der Waals surface area contributed by atoms with Crippen molar-refractivity contribution in [3.63, 3.8) is 0 Å². The van der Waals surface area contributed by atoms with Crippen molar-refractivity contribution in [2.24, 2.45) is 11.5 Å². The number of anilines is 2. The Morgan fingerprint density at radius 2 is 2.27 bits per heavy atom. The number of carbonyl (C=O) groups excluding carboxylic acids is 1. The van der Waals surface area contributed by atoms with Crippen LogP contribution in [0.5, 0.6) is 0 Å². The Balaban J connectivity index is 1.71. The lowest BCUT2D eigenvalue weighted by Gasteiger charge is -2.31. The van der Waals surface area contributed by atoms with Gasteiger partial charge in [0, 0.05) is 24.5 Å². The molecule has 6 N–H and O–H groups in total. The van der Waals surface area contributed by atoms with E-state index in [0.29, 0.717) is 11.5 Å². The average molecular weight is 352 g/mol. The molecule has 9 heteroatoms. The quantitative estimate of drug-likeness (QED) is 0.562. The van der Waals surface area contributed by atoms with E-state index in [0.717, 1.165) is 48.3 Å². The summed E-state index contributed by atoms with van der Waals surface area (Å²) in [6.45, 7) is 1.75. The highest BCUT2D eigenvalue weighted by molar-refractivity contribution is 5.95. The van der Waals surface area contributed by atoms with Crippen LogP contribution in [0.1, 0.15) is 12.8 Å². The number of piperidine rings is 1. The molecule has 0 saturated carbocycles.